The van der Waals surface area contributed by atoms with Gasteiger partial charge in [-0.05, 0) is 74.4 Å². The lowest BCUT2D eigenvalue weighted by Crippen LogP contribution is -2.34. The number of nitrogens with zero attached hydrogens (tertiary/aromatic N) is 5. The number of hydrogen-bond acceptors (Lipinski definition) is 8. The molecule has 0 atom stereocenters. The van der Waals surface area contributed by atoms with E-state index in [0.717, 1.165) is 51.8 Å². The van der Waals surface area contributed by atoms with Crippen LogP contribution in [0.25, 0.3) is 16.9 Å². The lowest BCUT2D eigenvalue weighted by atomic mass is 10.1. The fourth-order valence-electron chi connectivity index (χ4n) is 4.59. The molecular weight excluding hydrogens is 685 g/mol. The molecule has 258 valence electrons. The van der Waals surface area contributed by atoms with Crippen molar-refractivity contribution in [2.75, 3.05) is 18.2 Å². The highest BCUT2D eigenvalue weighted by atomic mass is 32.2. The highest BCUT2D eigenvalue weighted by Crippen LogP contribution is 2.20. The summed E-state index contributed by atoms with van der Waals surface area (Å²) >= 11 is 1.85. The first-order valence-electron chi connectivity index (χ1n) is 15.0. The van der Waals surface area contributed by atoms with Crippen molar-refractivity contribution >= 4 is 49.8 Å². The first-order chi connectivity index (χ1) is 23.1. The zero-order chi connectivity index (χ0) is 35.8. The number of thioether (sulfide) groups is 1. The minimum Gasteiger partial charge on any atom is -0.744 e. The van der Waals surface area contributed by atoms with E-state index in [1.54, 1.807) is 30.5 Å². The van der Waals surface area contributed by atoms with Gasteiger partial charge in [0, 0.05) is 23.9 Å². The maximum absolute atomic E-state index is 10.5. The second kappa shape index (κ2) is 16.2. The topological polar surface area (TPSA) is 175 Å². The molecule has 49 heavy (non-hydrogen) atoms. The third-order valence-corrected chi connectivity index (χ3v) is 10.0. The summed E-state index contributed by atoms with van der Waals surface area (Å²) in [6, 6.07) is 24.3. The molecule has 0 bridgehead atoms. The zero-order valence-electron chi connectivity index (χ0n) is 27.5. The van der Waals surface area contributed by atoms with E-state index in [1.165, 1.54) is 29.8 Å². The van der Waals surface area contributed by atoms with Crippen LogP contribution < -0.4 is 10.1 Å². The monoisotopic (exact) mass is 722 g/mol. The maximum atomic E-state index is 10.5. The van der Waals surface area contributed by atoms with Crippen molar-refractivity contribution in [1.29, 1.82) is 0 Å². The van der Waals surface area contributed by atoms with E-state index in [9.17, 15) is 21.4 Å². The van der Waals surface area contributed by atoms with E-state index in [-0.39, 0.29) is 9.79 Å². The Bertz CT molecular complexity index is 2090. The molecule has 0 aliphatic carbocycles. The van der Waals surface area contributed by atoms with Crippen LogP contribution in [-0.2, 0) is 27.3 Å². The quantitative estimate of drug-likeness (QED) is 0.0868. The highest BCUT2D eigenvalue weighted by Gasteiger charge is 2.16. The minimum atomic E-state index is -4.27. The average Bonchev–Trinajstić information content (AvgIpc) is 3.70. The van der Waals surface area contributed by atoms with Crippen LogP contribution in [0.4, 0.5) is 0 Å². The van der Waals surface area contributed by atoms with Gasteiger partial charge in [0.05, 0.1) is 35.1 Å². The summed E-state index contributed by atoms with van der Waals surface area (Å²) in [5, 5.41) is 8.23. The Morgan fingerprint density at radius 2 is 1.43 bits per heavy atom. The van der Waals surface area contributed by atoms with Crippen LogP contribution in [0.5, 0.6) is 0 Å². The van der Waals surface area contributed by atoms with Gasteiger partial charge in [-0.15, -0.1) is 16.9 Å². The van der Waals surface area contributed by atoms with Crippen LogP contribution in [0.2, 0.25) is 0 Å². The summed E-state index contributed by atoms with van der Waals surface area (Å²) in [5.41, 5.74) is 13.6. The maximum Gasteiger partial charge on any atom is 0.294 e. The van der Waals surface area contributed by atoms with Crippen molar-refractivity contribution in [3.05, 3.63) is 120 Å². The highest BCUT2D eigenvalue weighted by molar-refractivity contribution is 7.99. The smallest absolute Gasteiger partial charge is 0.294 e. The van der Waals surface area contributed by atoms with Crippen molar-refractivity contribution in [3.8, 4) is 11.3 Å². The molecule has 1 saturated heterocycles. The minimum absolute atomic E-state index is 0.0666. The van der Waals surface area contributed by atoms with Crippen LogP contribution in [0.15, 0.2) is 117 Å². The molecule has 1 aliphatic heterocycles. The van der Waals surface area contributed by atoms with E-state index < -0.39 is 20.2 Å². The van der Waals surface area contributed by atoms with Crippen LogP contribution in [0, 0.1) is 20.8 Å². The third-order valence-electron chi connectivity index (χ3n) is 7.35. The van der Waals surface area contributed by atoms with E-state index >= 15 is 0 Å². The normalized spacial score (nSPS) is 13.6. The molecule has 1 aliphatic rings. The zero-order valence-corrected chi connectivity index (χ0v) is 29.9. The Morgan fingerprint density at radius 1 is 0.857 bits per heavy atom. The summed E-state index contributed by atoms with van der Waals surface area (Å²) < 4.78 is 65.1. The predicted molar refractivity (Wildman–Crippen MR) is 192 cm³/mol. The van der Waals surface area contributed by atoms with E-state index in [2.05, 4.69) is 69.8 Å². The third kappa shape index (κ3) is 10.7. The first kappa shape index (κ1) is 37.3. The van der Waals surface area contributed by atoms with Crippen molar-refractivity contribution in [2.45, 2.75) is 30.6 Å². The van der Waals surface area contributed by atoms with Crippen molar-refractivity contribution in [2.24, 2.45) is 23.0 Å². The Kier molecular flexibility index (Phi) is 12.4. The Balaban J connectivity index is 0.000000202. The van der Waals surface area contributed by atoms with E-state index in [0.29, 0.717) is 5.96 Å². The van der Waals surface area contributed by atoms with Crippen LogP contribution in [0.3, 0.4) is 0 Å². The largest absolute Gasteiger partial charge is 0.744 e. The number of fused-ring (bicyclic) bond motifs is 1. The van der Waals surface area contributed by atoms with Gasteiger partial charge in [-0.25, -0.2) is 17.4 Å². The number of hydrogen-bond donors (Lipinski definition) is 2. The lowest BCUT2D eigenvalue weighted by Gasteiger charge is -2.12. The van der Waals surface area contributed by atoms with Crippen molar-refractivity contribution < 1.29 is 30.3 Å². The molecule has 3 N–H and O–H groups in total. The number of aromatic nitrogens is 2. The molecule has 0 amide bonds. The Hall–Kier alpha value is -4.54. The van der Waals surface area contributed by atoms with Gasteiger partial charge in [-0.3, -0.25) is 4.55 Å². The molecule has 0 unspecified atom stereocenters. The molecule has 3 heterocycles. The van der Waals surface area contributed by atoms with Gasteiger partial charge in [0.15, 0.2) is 5.69 Å². The van der Waals surface area contributed by atoms with E-state index in [1.807, 2.05) is 42.6 Å². The molecule has 3 aromatic carbocycles. The molecule has 2 aromatic heterocycles. The predicted octanol–water partition coefficient (Wildman–Crippen LogP) is 4.53. The number of rotatable bonds is 5. The number of aryl methyl sites for hydroxylation is 4. The number of pyridine rings is 1. The second-order valence-corrected chi connectivity index (χ2v) is 15.1. The van der Waals surface area contributed by atoms with Crippen LogP contribution >= 0.6 is 11.8 Å². The summed E-state index contributed by atoms with van der Waals surface area (Å²) in [5.74, 6) is 2.46. The molecule has 15 heteroatoms. The Labute approximate surface area is 291 Å². The van der Waals surface area contributed by atoms with Gasteiger partial charge in [-0.1, -0.05) is 47.5 Å². The van der Waals surface area contributed by atoms with Gasteiger partial charge in [0.25, 0.3) is 15.8 Å². The number of benzene rings is 3. The van der Waals surface area contributed by atoms with Gasteiger partial charge in [0.2, 0.25) is 5.96 Å². The number of guanidine groups is 1. The van der Waals surface area contributed by atoms with Gasteiger partial charge < -0.3 is 15.2 Å². The fourth-order valence-corrected chi connectivity index (χ4v) is 6.50. The molecule has 0 spiro atoms. The van der Waals surface area contributed by atoms with Gasteiger partial charge in [0.1, 0.15) is 16.3 Å². The van der Waals surface area contributed by atoms with Gasteiger partial charge >= 0.3 is 0 Å². The summed E-state index contributed by atoms with van der Waals surface area (Å²) in [6.07, 6.45) is 6.03. The van der Waals surface area contributed by atoms with E-state index in [4.69, 9.17) is 10.3 Å². The molecule has 5 aromatic rings. The summed E-state index contributed by atoms with van der Waals surface area (Å²) in [6.45, 7) is 6.70. The summed E-state index contributed by atoms with van der Waals surface area (Å²) in [7, 11) is -6.20. The van der Waals surface area contributed by atoms with Crippen molar-refractivity contribution in [1.82, 2.24) is 9.47 Å². The second-order valence-electron chi connectivity index (χ2n) is 11.2. The molecular formula is C34H38N6O6S3. The van der Waals surface area contributed by atoms with Crippen molar-refractivity contribution in [3.63, 3.8) is 0 Å². The molecule has 1 fully saturated rings. The molecule has 0 radical (unpaired) electrons. The molecule has 0 saturated carbocycles. The lowest BCUT2D eigenvalue weighted by molar-refractivity contribution is -0.510. The molecule has 6 rings (SSSR count). The van der Waals surface area contributed by atoms with Gasteiger partial charge in [-0.2, -0.15) is 13.5 Å². The van der Waals surface area contributed by atoms with Crippen LogP contribution in [0.1, 0.15) is 22.3 Å². The first-order valence-corrected chi connectivity index (χ1v) is 19.0. The SMILES string of the molecule is Cc1ccc(S(=O)(=O)O)cc1.Cc1ccc(S(=O)(=O)[O-])cc1.Cc1ccc2n(C)c(-c3ccc(/C=N/N=C(N)N4CCSC4)cc3)c[n+]2c1. The fraction of sp³-hybridized carbons (Fsp3) is 0.206. The average molecular weight is 723 g/mol. The summed E-state index contributed by atoms with van der Waals surface area (Å²) in [4.78, 5) is 1.79. The number of imidazole rings is 1. The standard InChI is InChI=1S/C20H23N6S.2C7H8O3S/c1-15-3-8-19-24(2)18(13-26(19)12-15)17-6-4-16(5-7-17)11-22-23-20(21)25-9-10-27-14-25;2*1-6-2-4-7(5-3-6)11(8,9)10/h3-8,11-13H,9-10,14H2,1-2H3,(H2,21,23);2*2-5H,1H3,(H,8,9,10)/q+1;;/p-1/b22-11+;;. The van der Waals surface area contributed by atoms with Crippen LogP contribution in [-0.4, -0.2) is 65.8 Å². The Morgan fingerprint density at radius 3 is 1.96 bits per heavy atom. The molecule has 12 nitrogen and oxygen atoms in total. The number of nitrogens with two attached hydrogens (primary N) is 1.